The van der Waals surface area contributed by atoms with E-state index in [-0.39, 0.29) is 0 Å². The van der Waals surface area contributed by atoms with Crippen LogP contribution in [-0.4, -0.2) is 13.0 Å². The molecule has 0 aliphatic rings. The molecule has 1 rings (SSSR count). The standard InChI is InChI=1S/C10H13NO2/c12-9-11-13-8-4-7-10-5-2-1-3-6-10/h1-3,5-6,9H,4,7-8H2,(H,11,12). The molecule has 0 aromatic heterocycles. The molecule has 0 aliphatic carbocycles. The Morgan fingerprint density at radius 3 is 2.77 bits per heavy atom. The Kier molecular flexibility index (Phi) is 4.64. The van der Waals surface area contributed by atoms with Crippen LogP contribution in [0.25, 0.3) is 0 Å². The molecule has 0 spiro atoms. The predicted octanol–water partition coefficient (Wildman–Crippen LogP) is 1.30. The number of aryl methyl sites for hydroxylation is 1. The average Bonchev–Trinajstić information content (AvgIpc) is 2.19. The lowest BCUT2D eigenvalue weighted by molar-refractivity contribution is -0.120. The molecular formula is C10H13NO2. The third-order valence-corrected chi connectivity index (χ3v) is 1.69. The van der Waals surface area contributed by atoms with E-state index in [1.807, 2.05) is 18.2 Å². The minimum atomic E-state index is 0.530. The molecule has 1 amide bonds. The zero-order valence-corrected chi connectivity index (χ0v) is 7.40. The second-order valence-electron chi connectivity index (χ2n) is 2.67. The first kappa shape index (κ1) is 9.74. The van der Waals surface area contributed by atoms with E-state index in [9.17, 15) is 4.79 Å². The number of hydrogen-bond donors (Lipinski definition) is 1. The van der Waals surface area contributed by atoms with E-state index in [0.29, 0.717) is 13.0 Å². The maximum atomic E-state index is 9.80. The monoisotopic (exact) mass is 179 g/mol. The predicted molar refractivity (Wildman–Crippen MR) is 49.9 cm³/mol. The van der Waals surface area contributed by atoms with Crippen LogP contribution in [0.1, 0.15) is 12.0 Å². The molecule has 1 aromatic carbocycles. The molecule has 1 N–H and O–H groups in total. The lowest BCUT2D eigenvalue weighted by Gasteiger charge is -2.01. The van der Waals surface area contributed by atoms with Gasteiger partial charge in [0.05, 0.1) is 6.61 Å². The van der Waals surface area contributed by atoms with Crippen molar-refractivity contribution in [1.29, 1.82) is 0 Å². The summed E-state index contributed by atoms with van der Waals surface area (Å²) in [6.45, 7) is 0.549. The van der Waals surface area contributed by atoms with Gasteiger partial charge in [0.25, 0.3) is 0 Å². The van der Waals surface area contributed by atoms with Crippen LogP contribution < -0.4 is 5.48 Å². The number of hydrogen-bond acceptors (Lipinski definition) is 2. The van der Waals surface area contributed by atoms with Gasteiger partial charge < -0.3 is 0 Å². The summed E-state index contributed by atoms with van der Waals surface area (Å²) < 4.78 is 0. The third-order valence-electron chi connectivity index (χ3n) is 1.69. The quantitative estimate of drug-likeness (QED) is 0.406. The first-order chi connectivity index (χ1) is 6.43. The summed E-state index contributed by atoms with van der Waals surface area (Å²) in [5.74, 6) is 0. The fourth-order valence-corrected chi connectivity index (χ4v) is 1.09. The number of hydroxylamine groups is 1. The molecule has 70 valence electrons. The molecule has 0 saturated heterocycles. The van der Waals surface area contributed by atoms with Gasteiger partial charge in [-0.15, -0.1) is 0 Å². The molecule has 1 aromatic rings. The summed E-state index contributed by atoms with van der Waals surface area (Å²) in [6, 6.07) is 10.2. The summed E-state index contributed by atoms with van der Waals surface area (Å²) >= 11 is 0. The highest BCUT2D eigenvalue weighted by molar-refractivity contribution is 5.43. The highest BCUT2D eigenvalue weighted by Crippen LogP contribution is 2.01. The van der Waals surface area contributed by atoms with Crippen molar-refractivity contribution in [2.24, 2.45) is 0 Å². The molecule has 0 radical (unpaired) electrons. The number of carbonyl (C=O) groups is 1. The summed E-state index contributed by atoms with van der Waals surface area (Å²) in [6.07, 6.45) is 2.41. The van der Waals surface area contributed by atoms with Crippen LogP contribution in [0.3, 0.4) is 0 Å². The van der Waals surface area contributed by atoms with E-state index in [1.54, 1.807) is 0 Å². The van der Waals surface area contributed by atoms with Gasteiger partial charge in [-0.2, -0.15) is 0 Å². The largest absolute Gasteiger partial charge is 0.277 e. The molecule has 0 saturated carbocycles. The lowest BCUT2D eigenvalue weighted by Crippen LogP contribution is -2.12. The number of benzene rings is 1. The smallest absolute Gasteiger partial charge is 0.230 e. The van der Waals surface area contributed by atoms with Crippen molar-refractivity contribution < 1.29 is 9.63 Å². The SMILES string of the molecule is O=CNOCCCc1ccccc1. The van der Waals surface area contributed by atoms with Crippen molar-refractivity contribution in [3.8, 4) is 0 Å². The molecule has 0 heterocycles. The van der Waals surface area contributed by atoms with Crippen LogP contribution >= 0.6 is 0 Å². The summed E-state index contributed by atoms with van der Waals surface area (Å²) in [4.78, 5) is 14.6. The normalized spacial score (nSPS) is 9.54. The first-order valence-corrected chi connectivity index (χ1v) is 4.28. The van der Waals surface area contributed by atoms with Gasteiger partial charge in [0.2, 0.25) is 6.41 Å². The van der Waals surface area contributed by atoms with E-state index in [2.05, 4.69) is 17.6 Å². The third kappa shape index (κ3) is 4.28. The maximum absolute atomic E-state index is 9.80. The average molecular weight is 179 g/mol. The van der Waals surface area contributed by atoms with E-state index >= 15 is 0 Å². The second kappa shape index (κ2) is 6.20. The first-order valence-electron chi connectivity index (χ1n) is 4.28. The summed E-state index contributed by atoms with van der Waals surface area (Å²) in [5, 5.41) is 0. The minimum absolute atomic E-state index is 0.530. The molecule has 13 heavy (non-hydrogen) atoms. The van der Waals surface area contributed by atoms with Crippen molar-refractivity contribution in [2.45, 2.75) is 12.8 Å². The summed E-state index contributed by atoms with van der Waals surface area (Å²) in [7, 11) is 0. The van der Waals surface area contributed by atoms with Crippen molar-refractivity contribution >= 4 is 6.41 Å². The maximum Gasteiger partial charge on any atom is 0.230 e. The van der Waals surface area contributed by atoms with E-state index in [4.69, 9.17) is 4.84 Å². The molecule has 0 fully saturated rings. The lowest BCUT2D eigenvalue weighted by atomic mass is 10.1. The van der Waals surface area contributed by atoms with Gasteiger partial charge in [-0.05, 0) is 18.4 Å². The fourth-order valence-electron chi connectivity index (χ4n) is 1.09. The molecule has 3 heteroatoms. The van der Waals surface area contributed by atoms with Gasteiger partial charge in [-0.3, -0.25) is 9.63 Å². The number of carbonyl (C=O) groups excluding carboxylic acids is 1. The zero-order valence-electron chi connectivity index (χ0n) is 7.40. The van der Waals surface area contributed by atoms with Crippen LogP contribution in [0.4, 0.5) is 0 Å². The van der Waals surface area contributed by atoms with Crippen LogP contribution in [0.2, 0.25) is 0 Å². The van der Waals surface area contributed by atoms with Crippen molar-refractivity contribution in [3.63, 3.8) is 0 Å². The highest BCUT2D eigenvalue weighted by atomic mass is 16.6. The highest BCUT2D eigenvalue weighted by Gasteiger charge is 1.91. The molecule has 0 unspecified atom stereocenters. The Balaban J connectivity index is 2.10. The van der Waals surface area contributed by atoms with Gasteiger partial charge in [-0.1, -0.05) is 30.3 Å². The van der Waals surface area contributed by atoms with Crippen molar-refractivity contribution in [1.82, 2.24) is 5.48 Å². The Hall–Kier alpha value is -1.35. The minimum Gasteiger partial charge on any atom is -0.277 e. The van der Waals surface area contributed by atoms with Gasteiger partial charge in [0, 0.05) is 0 Å². The number of amides is 1. The van der Waals surface area contributed by atoms with E-state index < -0.39 is 0 Å². The van der Waals surface area contributed by atoms with Gasteiger partial charge in [-0.25, -0.2) is 5.48 Å². The van der Waals surface area contributed by atoms with Crippen molar-refractivity contribution in [2.75, 3.05) is 6.61 Å². The van der Waals surface area contributed by atoms with Crippen molar-refractivity contribution in [3.05, 3.63) is 35.9 Å². The van der Waals surface area contributed by atoms with Crippen LogP contribution in [0.5, 0.6) is 0 Å². The second-order valence-corrected chi connectivity index (χ2v) is 2.67. The Morgan fingerprint density at radius 1 is 1.31 bits per heavy atom. The fraction of sp³-hybridized carbons (Fsp3) is 0.300. The Bertz CT molecular complexity index is 236. The van der Waals surface area contributed by atoms with Crippen LogP contribution in [0.15, 0.2) is 30.3 Å². The molecule has 3 nitrogen and oxygen atoms in total. The zero-order chi connectivity index (χ0) is 9.36. The molecule has 0 atom stereocenters. The van der Waals surface area contributed by atoms with Gasteiger partial charge in [0.15, 0.2) is 0 Å². The van der Waals surface area contributed by atoms with Gasteiger partial charge >= 0.3 is 0 Å². The summed E-state index contributed by atoms with van der Waals surface area (Å²) in [5.41, 5.74) is 3.44. The molecule has 0 aliphatic heterocycles. The van der Waals surface area contributed by atoms with Crippen LogP contribution in [0, 0.1) is 0 Å². The number of nitrogens with one attached hydrogen (secondary N) is 1. The van der Waals surface area contributed by atoms with Gasteiger partial charge in [0.1, 0.15) is 0 Å². The molecule has 0 bridgehead atoms. The number of rotatable bonds is 6. The topological polar surface area (TPSA) is 38.3 Å². The Labute approximate surface area is 77.7 Å². The van der Waals surface area contributed by atoms with E-state index in [1.165, 1.54) is 5.56 Å². The van der Waals surface area contributed by atoms with E-state index in [0.717, 1.165) is 12.8 Å². The molecular weight excluding hydrogens is 166 g/mol. The Morgan fingerprint density at radius 2 is 2.08 bits per heavy atom. The van der Waals surface area contributed by atoms with Crippen LogP contribution in [-0.2, 0) is 16.1 Å².